The monoisotopic (exact) mass is 600 g/mol. The van der Waals surface area contributed by atoms with E-state index in [2.05, 4.69) is 154 Å². The Morgan fingerprint density at radius 3 is 1.80 bits per heavy atom. The average Bonchev–Trinajstić information content (AvgIpc) is 3.40. The zero-order valence-electron chi connectivity index (χ0n) is 21.8. The lowest BCUT2D eigenvalue weighted by Crippen LogP contribution is -2.54. The van der Waals surface area contributed by atoms with Crippen LogP contribution >= 0.6 is 27.7 Å². The molecule has 0 unspecified atom stereocenters. The fourth-order valence-electron chi connectivity index (χ4n) is 5.21. The first-order chi connectivity index (χ1) is 19.6. The molecule has 2 aliphatic rings. The van der Waals surface area contributed by atoms with E-state index < -0.39 is 4.99 Å². The number of thioether (sulfide) groups is 1. The van der Waals surface area contributed by atoms with Gasteiger partial charge in [-0.25, -0.2) is 10.0 Å². The largest absolute Gasteiger partial charge is 0.234 e. The third-order valence-electron chi connectivity index (χ3n) is 7.15. The van der Waals surface area contributed by atoms with E-state index in [1.54, 1.807) is 11.8 Å². The van der Waals surface area contributed by atoms with Gasteiger partial charge in [0.15, 0.2) is 0 Å². The summed E-state index contributed by atoms with van der Waals surface area (Å²) in [5, 5.41) is 16.0. The molecule has 1 atom stereocenters. The van der Waals surface area contributed by atoms with E-state index in [9.17, 15) is 0 Å². The SMILES string of the molecule is Cc1ccc(C2=NN(c3ccccc3)[C@@]3(S2)c2ccccc2C(c2ccc(Br)cc2)=NN3c2ccccc2)cc1. The molecule has 6 heteroatoms. The molecule has 194 valence electrons. The van der Waals surface area contributed by atoms with Crippen LogP contribution in [0.5, 0.6) is 0 Å². The van der Waals surface area contributed by atoms with Crippen molar-refractivity contribution < 1.29 is 0 Å². The zero-order chi connectivity index (χ0) is 27.1. The summed E-state index contributed by atoms with van der Waals surface area (Å²) < 4.78 is 1.04. The normalized spacial score (nSPS) is 17.9. The number of fused-ring (bicyclic) bond motifs is 2. The molecule has 1 spiro atoms. The standard InChI is InChI=1S/C34H25BrN4S/c1-24-16-18-26(19-17-24)33-37-39(29-12-6-3-7-13-29)34(40-33)31-15-9-8-14-30(31)32(25-20-22-27(35)23-21-25)36-38(34)28-10-4-2-5-11-28/h2-23H,1H3/t34-/m1/s1. The topological polar surface area (TPSA) is 31.2 Å². The van der Waals surface area contributed by atoms with Crippen LogP contribution < -0.4 is 10.0 Å². The lowest BCUT2D eigenvalue weighted by atomic mass is 9.93. The number of nitrogens with zero attached hydrogens (tertiary/aromatic N) is 4. The molecule has 0 bridgehead atoms. The summed E-state index contributed by atoms with van der Waals surface area (Å²) in [4.78, 5) is -0.793. The Hall–Kier alpha value is -4.13. The van der Waals surface area contributed by atoms with Gasteiger partial charge in [0.2, 0.25) is 4.99 Å². The number of anilines is 2. The molecule has 0 aliphatic carbocycles. The highest BCUT2D eigenvalue weighted by atomic mass is 79.9. The highest BCUT2D eigenvalue weighted by Gasteiger charge is 2.55. The molecule has 2 heterocycles. The Morgan fingerprint density at radius 1 is 0.600 bits per heavy atom. The maximum absolute atomic E-state index is 5.45. The molecule has 0 radical (unpaired) electrons. The molecular weight excluding hydrogens is 576 g/mol. The Kier molecular flexibility index (Phi) is 6.29. The van der Waals surface area contributed by atoms with Gasteiger partial charge in [-0.3, -0.25) is 0 Å². The van der Waals surface area contributed by atoms with Crippen LogP contribution in [0.2, 0.25) is 0 Å². The predicted octanol–water partition coefficient (Wildman–Crippen LogP) is 8.76. The first kappa shape index (κ1) is 24.9. The molecule has 0 aromatic heterocycles. The fraction of sp³-hybridized carbons (Fsp3) is 0.0588. The number of hydrazone groups is 2. The minimum absolute atomic E-state index is 0.793. The Morgan fingerprint density at radius 2 is 1.15 bits per heavy atom. The number of para-hydroxylation sites is 2. The summed E-state index contributed by atoms with van der Waals surface area (Å²) in [5.74, 6) is 0. The van der Waals surface area contributed by atoms with E-state index in [0.717, 1.165) is 48.9 Å². The molecule has 0 saturated carbocycles. The van der Waals surface area contributed by atoms with Gasteiger partial charge in [-0.1, -0.05) is 119 Å². The summed E-state index contributed by atoms with van der Waals surface area (Å²) in [5.41, 5.74) is 8.49. The van der Waals surface area contributed by atoms with Gasteiger partial charge in [0.25, 0.3) is 0 Å². The predicted molar refractivity (Wildman–Crippen MR) is 171 cm³/mol. The smallest absolute Gasteiger partial charge is 0.223 e. The second kappa shape index (κ2) is 10.1. The lowest BCUT2D eigenvalue weighted by Gasteiger charge is -2.47. The molecule has 0 amide bonds. The van der Waals surface area contributed by atoms with E-state index in [-0.39, 0.29) is 0 Å². The summed E-state index contributed by atoms with van der Waals surface area (Å²) in [6, 6.07) is 46.3. The third kappa shape index (κ3) is 4.15. The van der Waals surface area contributed by atoms with Crippen LogP contribution in [0.4, 0.5) is 11.4 Å². The molecule has 40 heavy (non-hydrogen) atoms. The summed E-state index contributed by atoms with van der Waals surface area (Å²) in [7, 11) is 0. The van der Waals surface area contributed by atoms with Crippen LogP contribution in [0.15, 0.2) is 148 Å². The van der Waals surface area contributed by atoms with E-state index in [1.807, 2.05) is 12.1 Å². The first-order valence-electron chi connectivity index (χ1n) is 13.1. The number of hydrogen-bond acceptors (Lipinski definition) is 5. The molecular formula is C34H25BrN4S. The number of rotatable bonds is 4. The van der Waals surface area contributed by atoms with E-state index in [1.165, 1.54) is 5.56 Å². The highest BCUT2D eigenvalue weighted by molar-refractivity contribution is 9.10. The molecule has 0 fully saturated rings. The average molecular weight is 602 g/mol. The van der Waals surface area contributed by atoms with Gasteiger partial charge in [0.1, 0.15) is 5.04 Å². The Labute approximate surface area is 246 Å². The van der Waals surface area contributed by atoms with E-state index in [0.29, 0.717) is 0 Å². The van der Waals surface area contributed by atoms with Gasteiger partial charge in [-0.15, -0.1) is 0 Å². The van der Waals surface area contributed by atoms with E-state index in [4.69, 9.17) is 10.2 Å². The van der Waals surface area contributed by atoms with Gasteiger partial charge >= 0.3 is 0 Å². The zero-order valence-corrected chi connectivity index (χ0v) is 24.2. The van der Waals surface area contributed by atoms with Crippen LogP contribution in [-0.2, 0) is 4.99 Å². The second-order valence-corrected chi connectivity index (χ2v) is 11.9. The minimum atomic E-state index is -0.793. The first-order valence-corrected chi connectivity index (χ1v) is 14.7. The van der Waals surface area contributed by atoms with Gasteiger partial charge in [0, 0.05) is 26.7 Å². The minimum Gasteiger partial charge on any atom is -0.223 e. The van der Waals surface area contributed by atoms with Gasteiger partial charge in [0.05, 0.1) is 17.1 Å². The highest BCUT2D eigenvalue weighted by Crippen LogP contribution is 2.55. The summed E-state index contributed by atoms with van der Waals surface area (Å²) in [6.07, 6.45) is 0. The van der Waals surface area contributed by atoms with Crippen molar-refractivity contribution in [3.05, 3.63) is 166 Å². The molecule has 5 aromatic carbocycles. The number of halogens is 1. The molecule has 5 aromatic rings. The van der Waals surface area contributed by atoms with Crippen molar-refractivity contribution in [3.63, 3.8) is 0 Å². The third-order valence-corrected chi connectivity index (χ3v) is 9.04. The van der Waals surface area contributed by atoms with Crippen LogP contribution in [-0.4, -0.2) is 10.8 Å². The lowest BCUT2D eigenvalue weighted by molar-refractivity contribution is 0.550. The van der Waals surface area contributed by atoms with Crippen molar-refractivity contribution in [2.75, 3.05) is 10.0 Å². The fourth-order valence-corrected chi connectivity index (χ4v) is 6.87. The Bertz CT molecular complexity index is 1740. The maximum atomic E-state index is 5.45. The number of benzene rings is 5. The second-order valence-electron chi connectivity index (χ2n) is 9.78. The van der Waals surface area contributed by atoms with Crippen molar-refractivity contribution in [3.8, 4) is 0 Å². The van der Waals surface area contributed by atoms with Crippen molar-refractivity contribution in [2.45, 2.75) is 11.9 Å². The molecule has 0 saturated heterocycles. The van der Waals surface area contributed by atoms with Crippen LogP contribution in [0, 0.1) is 6.92 Å². The molecule has 0 N–H and O–H groups in total. The van der Waals surface area contributed by atoms with Gasteiger partial charge in [-0.05, 0) is 55.1 Å². The van der Waals surface area contributed by atoms with E-state index >= 15 is 0 Å². The van der Waals surface area contributed by atoms with Crippen molar-refractivity contribution in [2.24, 2.45) is 10.2 Å². The van der Waals surface area contributed by atoms with Crippen molar-refractivity contribution in [1.29, 1.82) is 0 Å². The van der Waals surface area contributed by atoms with Crippen LogP contribution in [0.1, 0.15) is 27.8 Å². The Balaban J connectivity index is 1.51. The summed E-state index contributed by atoms with van der Waals surface area (Å²) >= 11 is 5.32. The quantitative estimate of drug-likeness (QED) is 0.206. The molecule has 4 nitrogen and oxygen atoms in total. The summed E-state index contributed by atoms with van der Waals surface area (Å²) in [6.45, 7) is 2.11. The van der Waals surface area contributed by atoms with Gasteiger partial charge < -0.3 is 0 Å². The van der Waals surface area contributed by atoms with Crippen molar-refractivity contribution >= 4 is 49.8 Å². The van der Waals surface area contributed by atoms with Gasteiger partial charge in [-0.2, -0.15) is 10.2 Å². The maximum Gasteiger partial charge on any atom is 0.234 e. The molecule has 7 rings (SSSR count). The van der Waals surface area contributed by atoms with Crippen LogP contribution in [0.3, 0.4) is 0 Å². The van der Waals surface area contributed by atoms with Crippen LogP contribution in [0.25, 0.3) is 0 Å². The van der Waals surface area contributed by atoms with Crippen molar-refractivity contribution in [1.82, 2.24) is 0 Å². The molecule has 2 aliphatic heterocycles. The number of aryl methyl sites for hydroxylation is 1. The number of hydrogen-bond donors (Lipinski definition) is 0.